The van der Waals surface area contributed by atoms with Gasteiger partial charge in [-0.1, -0.05) is 41.6 Å². The van der Waals surface area contributed by atoms with Gasteiger partial charge in [0, 0.05) is 17.7 Å². The Hall–Kier alpha value is -3.74. The molecule has 0 aliphatic heterocycles. The van der Waals surface area contributed by atoms with E-state index < -0.39 is 5.91 Å². The summed E-state index contributed by atoms with van der Waals surface area (Å²) < 4.78 is 5.78. The van der Waals surface area contributed by atoms with Gasteiger partial charge in [0.1, 0.15) is 12.8 Å². The molecule has 2 aromatic carbocycles. The van der Waals surface area contributed by atoms with Crippen LogP contribution in [0, 0.1) is 0 Å². The normalized spacial score (nSPS) is 10.8. The quantitative estimate of drug-likeness (QED) is 0.613. The third-order valence-corrected chi connectivity index (χ3v) is 3.91. The zero-order chi connectivity index (χ0) is 17.9. The first-order valence-electron chi connectivity index (χ1n) is 7.97. The van der Waals surface area contributed by atoms with E-state index in [4.69, 9.17) is 0 Å². The summed E-state index contributed by atoms with van der Waals surface area (Å²) in [5, 5.41) is 12.7. The summed E-state index contributed by atoms with van der Waals surface area (Å²) in [6.45, 7) is -0.215. The lowest BCUT2D eigenvalue weighted by Gasteiger charge is -2.08. The van der Waals surface area contributed by atoms with Gasteiger partial charge in [0.2, 0.25) is 5.91 Å². The number of nitrogens with one attached hydrogen (secondary N) is 1. The average molecular weight is 346 g/mol. The predicted molar refractivity (Wildman–Crippen MR) is 96.6 cm³/mol. The molecule has 2 heterocycles. The van der Waals surface area contributed by atoms with Crippen LogP contribution in [0.3, 0.4) is 0 Å². The summed E-state index contributed by atoms with van der Waals surface area (Å²) in [6, 6.07) is 18.5. The van der Waals surface area contributed by atoms with Gasteiger partial charge in [-0.25, -0.2) is 4.68 Å². The maximum absolute atomic E-state index is 12.1. The maximum Gasteiger partial charge on any atom is 0.267 e. The van der Waals surface area contributed by atoms with Crippen molar-refractivity contribution in [2.24, 2.45) is 0 Å². The van der Waals surface area contributed by atoms with Gasteiger partial charge in [-0.15, -0.1) is 0 Å². The van der Waals surface area contributed by atoms with Crippen LogP contribution in [0.1, 0.15) is 0 Å². The lowest BCUT2D eigenvalue weighted by molar-refractivity contribution is -0.117. The number of nitrogens with zero attached hydrogens (tertiary/aromatic N) is 3. The van der Waals surface area contributed by atoms with E-state index in [1.807, 2.05) is 42.5 Å². The molecule has 1 amide bonds. The molecule has 0 saturated carbocycles. The first kappa shape index (κ1) is 15.8. The fourth-order valence-corrected chi connectivity index (χ4v) is 2.66. The minimum absolute atomic E-state index is 0.215. The van der Waals surface area contributed by atoms with Crippen molar-refractivity contribution >= 4 is 22.5 Å². The fourth-order valence-electron chi connectivity index (χ4n) is 2.66. The van der Waals surface area contributed by atoms with Gasteiger partial charge in [-0.05, 0) is 22.9 Å². The second-order valence-electron chi connectivity index (χ2n) is 5.71. The van der Waals surface area contributed by atoms with E-state index in [0.717, 1.165) is 21.0 Å². The second kappa shape index (κ2) is 6.64. The molecule has 4 rings (SSSR count). The van der Waals surface area contributed by atoms with E-state index in [1.54, 1.807) is 6.07 Å². The molecule has 0 spiro atoms. The number of anilines is 1. The zero-order valence-electron chi connectivity index (χ0n) is 13.6. The van der Waals surface area contributed by atoms with E-state index in [1.165, 1.54) is 18.4 Å². The van der Waals surface area contributed by atoms with Gasteiger partial charge in [0.05, 0.1) is 5.69 Å². The average Bonchev–Trinajstić information content (AvgIpc) is 3.16. The zero-order valence-corrected chi connectivity index (χ0v) is 13.6. The number of aromatic nitrogens is 3. The Morgan fingerprint density at radius 2 is 1.88 bits per heavy atom. The maximum atomic E-state index is 12.1. The monoisotopic (exact) mass is 346 g/mol. The largest absolute Gasteiger partial charge is 0.363 e. The molecule has 26 heavy (non-hydrogen) atoms. The van der Waals surface area contributed by atoms with Crippen LogP contribution in [0.15, 0.2) is 76.2 Å². The van der Waals surface area contributed by atoms with E-state index >= 15 is 0 Å². The Morgan fingerprint density at radius 1 is 1.04 bits per heavy atom. The van der Waals surface area contributed by atoms with Crippen LogP contribution in [0.2, 0.25) is 0 Å². The summed E-state index contributed by atoms with van der Waals surface area (Å²) in [5.74, 6) is -0.127. The van der Waals surface area contributed by atoms with Crippen LogP contribution >= 0.6 is 0 Å². The minimum Gasteiger partial charge on any atom is -0.363 e. The molecule has 1 N–H and O–H groups in total. The number of fused-ring (bicyclic) bond motifs is 1. The highest BCUT2D eigenvalue weighted by atomic mass is 16.5. The Kier molecular flexibility index (Phi) is 4.03. The number of amides is 1. The standard InChI is InChI=1S/C19H14N4O3/c24-18(20-17-9-10-26-22-17)12-23-19(25)8-7-16(21-23)15-6-5-13-3-1-2-4-14(13)11-15/h1-11H,12H2,(H,20,22,24). The topological polar surface area (TPSA) is 90.0 Å². The van der Waals surface area contributed by atoms with Crippen LogP contribution in [-0.2, 0) is 11.3 Å². The third kappa shape index (κ3) is 3.23. The van der Waals surface area contributed by atoms with E-state index in [2.05, 4.69) is 20.1 Å². The molecule has 0 aliphatic carbocycles. The molecule has 2 aromatic heterocycles. The molecule has 0 fully saturated rings. The molecule has 0 unspecified atom stereocenters. The van der Waals surface area contributed by atoms with E-state index in [0.29, 0.717) is 5.69 Å². The smallest absolute Gasteiger partial charge is 0.267 e. The highest BCUT2D eigenvalue weighted by Crippen LogP contribution is 2.22. The molecule has 0 bridgehead atoms. The summed E-state index contributed by atoms with van der Waals surface area (Å²) in [6.07, 6.45) is 1.35. The van der Waals surface area contributed by atoms with Crippen molar-refractivity contribution in [3.8, 4) is 11.3 Å². The molecule has 0 atom stereocenters. The fraction of sp³-hybridized carbons (Fsp3) is 0.0526. The van der Waals surface area contributed by atoms with Crippen LogP contribution in [0.4, 0.5) is 5.82 Å². The van der Waals surface area contributed by atoms with Gasteiger partial charge in [-0.3, -0.25) is 9.59 Å². The van der Waals surface area contributed by atoms with Gasteiger partial charge >= 0.3 is 0 Å². The second-order valence-corrected chi connectivity index (χ2v) is 5.71. The lowest BCUT2D eigenvalue weighted by atomic mass is 10.1. The lowest BCUT2D eigenvalue weighted by Crippen LogP contribution is -2.29. The summed E-state index contributed by atoms with van der Waals surface area (Å²) in [7, 11) is 0. The van der Waals surface area contributed by atoms with Crippen LogP contribution in [-0.4, -0.2) is 20.8 Å². The Labute approximate surface area is 147 Å². The molecule has 0 radical (unpaired) electrons. The summed E-state index contributed by atoms with van der Waals surface area (Å²) >= 11 is 0. The predicted octanol–water partition coefficient (Wildman–Crippen LogP) is 2.69. The van der Waals surface area contributed by atoms with E-state index in [9.17, 15) is 9.59 Å². The number of benzene rings is 2. The number of hydrogen-bond donors (Lipinski definition) is 1. The van der Waals surface area contributed by atoms with Crippen molar-refractivity contribution in [1.82, 2.24) is 14.9 Å². The highest BCUT2D eigenvalue weighted by Gasteiger charge is 2.10. The first-order chi connectivity index (χ1) is 12.7. The molecule has 7 heteroatoms. The van der Waals surface area contributed by atoms with Crippen molar-refractivity contribution in [3.63, 3.8) is 0 Å². The van der Waals surface area contributed by atoms with Crippen LogP contribution < -0.4 is 10.9 Å². The number of carbonyl (C=O) groups excluding carboxylic acids is 1. The highest BCUT2D eigenvalue weighted by molar-refractivity contribution is 5.89. The Morgan fingerprint density at radius 3 is 2.69 bits per heavy atom. The molecule has 0 aliphatic rings. The summed E-state index contributed by atoms with van der Waals surface area (Å²) in [5.41, 5.74) is 1.13. The van der Waals surface area contributed by atoms with Crippen molar-refractivity contribution in [3.05, 3.63) is 77.3 Å². The minimum atomic E-state index is -0.413. The van der Waals surface area contributed by atoms with Crippen LogP contribution in [0.5, 0.6) is 0 Å². The van der Waals surface area contributed by atoms with Crippen molar-refractivity contribution < 1.29 is 9.32 Å². The van der Waals surface area contributed by atoms with Gasteiger partial charge in [-0.2, -0.15) is 5.10 Å². The molecule has 7 nitrogen and oxygen atoms in total. The molecule has 4 aromatic rings. The first-order valence-corrected chi connectivity index (χ1v) is 7.97. The van der Waals surface area contributed by atoms with Crippen molar-refractivity contribution in [2.75, 3.05) is 5.32 Å². The SMILES string of the molecule is O=C(Cn1nc(-c2ccc3ccccc3c2)ccc1=O)Nc1ccon1. The molecular formula is C19H14N4O3. The van der Waals surface area contributed by atoms with Crippen LogP contribution in [0.25, 0.3) is 22.0 Å². The van der Waals surface area contributed by atoms with E-state index in [-0.39, 0.29) is 17.9 Å². The third-order valence-electron chi connectivity index (χ3n) is 3.91. The Balaban J connectivity index is 1.62. The number of rotatable bonds is 4. The number of hydrogen-bond acceptors (Lipinski definition) is 5. The van der Waals surface area contributed by atoms with Crippen molar-refractivity contribution in [1.29, 1.82) is 0 Å². The van der Waals surface area contributed by atoms with Gasteiger partial charge in [0.15, 0.2) is 5.82 Å². The molecule has 128 valence electrons. The van der Waals surface area contributed by atoms with Crippen molar-refractivity contribution in [2.45, 2.75) is 6.54 Å². The van der Waals surface area contributed by atoms with Gasteiger partial charge < -0.3 is 9.84 Å². The molecule has 0 saturated heterocycles. The number of carbonyl (C=O) groups is 1. The summed E-state index contributed by atoms with van der Waals surface area (Å²) in [4.78, 5) is 24.1. The molecular weight excluding hydrogens is 332 g/mol. The Bertz CT molecular complexity index is 1130. The van der Waals surface area contributed by atoms with Gasteiger partial charge in [0.25, 0.3) is 5.56 Å².